The Hall–Kier alpha value is -4.27. The van der Waals surface area contributed by atoms with E-state index in [2.05, 4.69) is 53.0 Å². The van der Waals surface area contributed by atoms with Crippen molar-refractivity contribution in [1.29, 1.82) is 0 Å². The average molecular weight is 762 g/mol. The van der Waals surface area contributed by atoms with Gasteiger partial charge in [-0.2, -0.15) is 5.10 Å². The highest BCUT2D eigenvalue weighted by Crippen LogP contribution is 2.36. The van der Waals surface area contributed by atoms with Crippen LogP contribution in [0.2, 0.25) is 0 Å². The van der Waals surface area contributed by atoms with Crippen LogP contribution in [-0.4, -0.2) is 57.0 Å². The molecular formula is C32H34Br2N4O8. The van der Waals surface area contributed by atoms with Crippen molar-refractivity contribution >= 4 is 50.1 Å². The maximum atomic E-state index is 12.5. The van der Waals surface area contributed by atoms with Gasteiger partial charge in [-0.3, -0.25) is 5.43 Å². The molecule has 0 saturated carbocycles. The Morgan fingerprint density at radius 1 is 1.02 bits per heavy atom. The van der Waals surface area contributed by atoms with E-state index in [0.717, 1.165) is 14.5 Å². The number of aliphatic hydroxyl groups excluding tert-OH is 1. The minimum absolute atomic E-state index is 0.179. The molecule has 0 aromatic heterocycles. The monoisotopic (exact) mass is 760 g/mol. The summed E-state index contributed by atoms with van der Waals surface area (Å²) in [5, 5.41) is 20.1. The molecule has 2 atom stereocenters. The second-order valence-corrected chi connectivity index (χ2v) is 11.7. The van der Waals surface area contributed by atoms with Crippen LogP contribution in [0.4, 0.5) is 4.79 Å². The fourth-order valence-electron chi connectivity index (χ4n) is 4.54. The molecule has 1 heterocycles. The number of hydrogen-bond donors (Lipinski definition) is 4. The molecule has 1 aliphatic rings. The van der Waals surface area contributed by atoms with Crippen LogP contribution in [0.15, 0.2) is 79.9 Å². The molecule has 0 radical (unpaired) electrons. The Bertz CT molecular complexity index is 1610. The number of rotatable bonds is 14. The summed E-state index contributed by atoms with van der Waals surface area (Å²) in [5.41, 5.74) is 5.46. The fraction of sp³-hybridized carbons (Fsp3) is 0.281. The Labute approximate surface area is 283 Å². The molecule has 1 aliphatic heterocycles. The second kappa shape index (κ2) is 16.3. The maximum Gasteiger partial charge on any atom is 0.337 e. The number of nitrogens with one attached hydrogen (secondary N) is 3. The minimum atomic E-state index is -1.19. The molecule has 244 valence electrons. The van der Waals surface area contributed by atoms with Crippen molar-refractivity contribution in [1.82, 2.24) is 16.1 Å². The van der Waals surface area contributed by atoms with Crippen molar-refractivity contribution in [2.45, 2.75) is 32.7 Å². The number of hydrogen-bond acceptors (Lipinski definition) is 10. The van der Waals surface area contributed by atoms with Crippen LogP contribution in [0.3, 0.4) is 0 Å². The lowest BCUT2D eigenvalue weighted by Crippen LogP contribution is -2.45. The number of hydrazone groups is 1. The summed E-state index contributed by atoms with van der Waals surface area (Å²) in [4.78, 5) is 24.7. The summed E-state index contributed by atoms with van der Waals surface area (Å²) in [6, 6.07) is 15.2. The van der Waals surface area contributed by atoms with E-state index in [4.69, 9.17) is 23.7 Å². The molecule has 46 heavy (non-hydrogen) atoms. The summed E-state index contributed by atoms with van der Waals surface area (Å²) in [5.74, 6) is 1.12. The van der Waals surface area contributed by atoms with Crippen LogP contribution >= 0.6 is 31.9 Å². The Morgan fingerprint density at radius 3 is 2.48 bits per heavy atom. The molecular weight excluding hydrogens is 728 g/mol. The number of benzene rings is 3. The van der Waals surface area contributed by atoms with E-state index in [-0.39, 0.29) is 12.2 Å². The molecule has 0 fully saturated rings. The van der Waals surface area contributed by atoms with Gasteiger partial charge in [-0.15, -0.1) is 0 Å². The second-order valence-electron chi connectivity index (χ2n) is 9.86. The molecule has 14 heteroatoms. The predicted molar refractivity (Wildman–Crippen MR) is 178 cm³/mol. The molecule has 12 nitrogen and oxygen atoms in total. The SMILES string of the molecule is CCOc1cc([C@@H]2NC(=O)NC(C)=C2C(=O)OC)ccc1OC[C@@H](O)N/N=C/c1cc(Br)cc(OC)c1OCc1ccc(Br)cc1. The number of esters is 1. The van der Waals surface area contributed by atoms with Gasteiger partial charge in [-0.25, -0.2) is 9.59 Å². The molecule has 4 rings (SSSR count). The lowest BCUT2D eigenvalue weighted by atomic mass is 9.95. The Kier molecular flexibility index (Phi) is 12.3. The first-order valence-electron chi connectivity index (χ1n) is 14.1. The van der Waals surface area contributed by atoms with Gasteiger partial charge in [0.05, 0.1) is 38.7 Å². The number of amides is 2. The summed E-state index contributed by atoms with van der Waals surface area (Å²) in [6.45, 7) is 3.89. The standard InChI is InChI=1S/C32H34Br2N4O8/c1-5-44-25-13-20(29-28(31(40)43-4)18(2)36-32(41)37-29)8-11-24(25)45-17-27(39)38-35-15-21-12-23(34)14-26(42-3)30(21)46-16-19-6-9-22(33)10-7-19/h6-15,27,29,38-39H,5,16-17H2,1-4H3,(H2,36,37,41)/b35-15+/t27-,29+/m1/s1. The predicted octanol–water partition coefficient (Wildman–Crippen LogP) is 5.32. The first-order valence-corrected chi connectivity index (χ1v) is 15.7. The van der Waals surface area contributed by atoms with E-state index < -0.39 is 24.3 Å². The quantitative estimate of drug-likeness (QED) is 0.0742. The third-order valence-corrected chi connectivity index (χ3v) is 7.65. The van der Waals surface area contributed by atoms with Crippen LogP contribution in [0.25, 0.3) is 0 Å². The normalized spacial score (nSPS) is 15.1. The number of halogens is 2. The van der Waals surface area contributed by atoms with E-state index in [1.807, 2.05) is 37.3 Å². The van der Waals surface area contributed by atoms with Crippen molar-refractivity contribution < 1.29 is 38.4 Å². The van der Waals surface area contributed by atoms with Gasteiger partial charge in [0.1, 0.15) is 13.2 Å². The molecule has 4 N–H and O–H groups in total. The first kappa shape index (κ1) is 34.6. The lowest BCUT2D eigenvalue weighted by molar-refractivity contribution is -0.136. The van der Waals surface area contributed by atoms with E-state index in [1.165, 1.54) is 13.3 Å². The number of aliphatic hydroxyl groups is 1. The van der Waals surface area contributed by atoms with Crippen LogP contribution in [-0.2, 0) is 16.1 Å². The van der Waals surface area contributed by atoms with Crippen molar-refractivity contribution in [3.63, 3.8) is 0 Å². The average Bonchev–Trinajstić information content (AvgIpc) is 3.03. The largest absolute Gasteiger partial charge is 0.493 e. The van der Waals surface area contributed by atoms with Crippen molar-refractivity contribution in [2.75, 3.05) is 27.4 Å². The Morgan fingerprint density at radius 2 is 1.78 bits per heavy atom. The highest BCUT2D eigenvalue weighted by atomic mass is 79.9. The first-order chi connectivity index (χ1) is 22.1. The van der Waals surface area contributed by atoms with Crippen molar-refractivity contribution in [3.05, 3.63) is 91.5 Å². The van der Waals surface area contributed by atoms with Gasteiger partial charge in [0, 0.05) is 20.2 Å². The zero-order chi connectivity index (χ0) is 33.2. The summed E-state index contributed by atoms with van der Waals surface area (Å²) >= 11 is 6.91. The number of carbonyl (C=O) groups excluding carboxylic acids is 2. The maximum absolute atomic E-state index is 12.5. The molecule has 2 amide bonds. The molecule has 3 aromatic carbocycles. The van der Waals surface area contributed by atoms with E-state index in [9.17, 15) is 14.7 Å². The molecule has 0 saturated heterocycles. The van der Waals surface area contributed by atoms with Crippen LogP contribution in [0.5, 0.6) is 23.0 Å². The van der Waals surface area contributed by atoms with Crippen molar-refractivity contribution in [2.24, 2.45) is 5.10 Å². The summed E-state index contributed by atoms with van der Waals surface area (Å²) < 4.78 is 29.9. The van der Waals surface area contributed by atoms with E-state index in [1.54, 1.807) is 38.3 Å². The van der Waals surface area contributed by atoms with Gasteiger partial charge in [-0.1, -0.05) is 50.1 Å². The molecule has 0 unspecified atom stereocenters. The fourth-order valence-corrected chi connectivity index (χ4v) is 5.26. The highest BCUT2D eigenvalue weighted by molar-refractivity contribution is 9.10. The van der Waals surface area contributed by atoms with Gasteiger partial charge in [0.15, 0.2) is 29.2 Å². The van der Waals surface area contributed by atoms with Gasteiger partial charge in [-0.05, 0) is 61.4 Å². The minimum Gasteiger partial charge on any atom is -0.493 e. The summed E-state index contributed by atoms with van der Waals surface area (Å²) in [6.07, 6.45) is 0.321. The number of methoxy groups -OCH3 is 2. The van der Waals surface area contributed by atoms with Crippen LogP contribution in [0.1, 0.15) is 36.6 Å². The third-order valence-electron chi connectivity index (χ3n) is 6.66. The zero-order valence-corrected chi connectivity index (χ0v) is 28.7. The number of urea groups is 1. The Balaban J connectivity index is 1.44. The molecule has 0 bridgehead atoms. The molecule has 0 aliphatic carbocycles. The number of carbonyl (C=O) groups is 2. The van der Waals surface area contributed by atoms with Gasteiger partial charge >= 0.3 is 12.0 Å². The van der Waals surface area contributed by atoms with E-state index in [0.29, 0.717) is 53.0 Å². The third kappa shape index (κ3) is 8.92. The topological polar surface area (TPSA) is 149 Å². The van der Waals surface area contributed by atoms with Gasteiger partial charge in [0.2, 0.25) is 0 Å². The van der Waals surface area contributed by atoms with Crippen LogP contribution < -0.4 is 35.0 Å². The summed E-state index contributed by atoms with van der Waals surface area (Å²) in [7, 11) is 2.82. The number of allylic oxidation sites excluding steroid dienone is 1. The van der Waals surface area contributed by atoms with Crippen LogP contribution in [0, 0.1) is 0 Å². The number of ether oxygens (including phenoxy) is 5. The number of nitrogens with zero attached hydrogens (tertiary/aromatic N) is 1. The lowest BCUT2D eigenvalue weighted by Gasteiger charge is -2.28. The van der Waals surface area contributed by atoms with Gasteiger partial charge in [0.25, 0.3) is 0 Å². The molecule has 0 spiro atoms. The highest BCUT2D eigenvalue weighted by Gasteiger charge is 2.32. The zero-order valence-electron chi connectivity index (χ0n) is 25.6. The van der Waals surface area contributed by atoms with Crippen molar-refractivity contribution in [3.8, 4) is 23.0 Å². The van der Waals surface area contributed by atoms with E-state index >= 15 is 0 Å². The van der Waals surface area contributed by atoms with Gasteiger partial charge < -0.3 is 39.4 Å². The molecule has 3 aromatic rings. The smallest absolute Gasteiger partial charge is 0.337 e.